The molecule has 0 radical (unpaired) electrons. The Bertz CT molecular complexity index is 583. The maximum absolute atomic E-state index is 12.6. The van der Waals surface area contributed by atoms with E-state index in [4.69, 9.17) is 17.3 Å². The molecule has 0 spiro atoms. The first-order valence-corrected chi connectivity index (χ1v) is 8.64. The number of sulfonamides is 1. The van der Waals surface area contributed by atoms with Gasteiger partial charge in [-0.25, -0.2) is 8.42 Å². The average molecular weight is 404 g/mol. The van der Waals surface area contributed by atoms with Gasteiger partial charge in [-0.3, -0.25) is 0 Å². The fourth-order valence-electron chi connectivity index (χ4n) is 2.17. The minimum atomic E-state index is -3.54. The van der Waals surface area contributed by atoms with Crippen molar-refractivity contribution >= 4 is 50.0 Å². The fourth-order valence-corrected chi connectivity index (χ4v) is 4.73. The third-order valence-corrected chi connectivity index (χ3v) is 6.29. The first-order chi connectivity index (χ1) is 8.82. The summed E-state index contributed by atoms with van der Waals surface area (Å²) in [7, 11) is -3.54. The molecule has 1 fully saturated rings. The van der Waals surface area contributed by atoms with Crippen molar-refractivity contribution in [3.8, 4) is 0 Å². The largest absolute Gasteiger partial charge is 0.327 e. The van der Waals surface area contributed by atoms with Gasteiger partial charge < -0.3 is 5.73 Å². The van der Waals surface area contributed by atoms with Crippen LogP contribution in [-0.2, 0) is 10.0 Å². The van der Waals surface area contributed by atoms with Gasteiger partial charge in [0.25, 0.3) is 0 Å². The molecule has 1 saturated heterocycles. The summed E-state index contributed by atoms with van der Waals surface area (Å²) >= 11 is 9.30. The number of halogens is 3. The first kappa shape index (κ1) is 18.2. The van der Waals surface area contributed by atoms with Crippen molar-refractivity contribution in [2.45, 2.75) is 24.3 Å². The number of rotatable bonds is 2. The molecule has 8 heteroatoms. The predicted octanol–water partition coefficient (Wildman–Crippen LogP) is 2.88. The van der Waals surface area contributed by atoms with Crippen molar-refractivity contribution < 1.29 is 8.42 Å². The Kier molecular flexibility index (Phi) is 6.32. The Hall–Kier alpha value is 0.150. The molecular weight excluding hydrogens is 387 g/mol. The van der Waals surface area contributed by atoms with Gasteiger partial charge in [0.1, 0.15) is 4.90 Å². The summed E-state index contributed by atoms with van der Waals surface area (Å²) in [4.78, 5) is 0.153. The van der Waals surface area contributed by atoms with Crippen LogP contribution in [0.2, 0.25) is 5.02 Å². The molecule has 2 unspecified atom stereocenters. The summed E-state index contributed by atoms with van der Waals surface area (Å²) in [5.74, 6) is 0.151. The normalized spacial score (nSPS) is 24.2. The number of piperidine rings is 1. The Labute approximate surface area is 139 Å². The molecule has 20 heavy (non-hydrogen) atoms. The van der Waals surface area contributed by atoms with E-state index in [1.54, 1.807) is 12.1 Å². The monoisotopic (exact) mass is 402 g/mol. The minimum Gasteiger partial charge on any atom is -0.327 e. The second-order valence-corrected chi connectivity index (χ2v) is 8.10. The van der Waals surface area contributed by atoms with E-state index in [0.717, 1.165) is 4.47 Å². The van der Waals surface area contributed by atoms with Crippen LogP contribution in [-0.4, -0.2) is 31.9 Å². The van der Waals surface area contributed by atoms with Gasteiger partial charge in [0.05, 0.1) is 5.02 Å². The Morgan fingerprint density at radius 2 is 2.10 bits per heavy atom. The van der Waals surface area contributed by atoms with E-state index in [9.17, 15) is 8.42 Å². The highest BCUT2D eigenvalue weighted by atomic mass is 79.9. The Morgan fingerprint density at radius 1 is 1.45 bits per heavy atom. The van der Waals surface area contributed by atoms with E-state index >= 15 is 0 Å². The van der Waals surface area contributed by atoms with Gasteiger partial charge >= 0.3 is 0 Å². The van der Waals surface area contributed by atoms with E-state index in [1.165, 1.54) is 10.4 Å². The van der Waals surface area contributed by atoms with Gasteiger partial charge in [0, 0.05) is 23.6 Å². The molecule has 0 aromatic heterocycles. The maximum atomic E-state index is 12.6. The van der Waals surface area contributed by atoms with Crippen LogP contribution in [0.3, 0.4) is 0 Å². The van der Waals surface area contributed by atoms with Gasteiger partial charge in [0.15, 0.2) is 0 Å². The molecule has 2 rings (SSSR count). The second-order valence-electron chi connectivity index (χ2n) is 4.87. The molecule has 0 aliphatic carbocycles. The van der Waals surface area contributed by atoms with E-state index in [1.807, 2.05) is 6.92 Å². The number of benzene rings is 1. The van der Waals surface area contributed by atoms with Crippen LogP contribution in [0.4, 0.5) is 0 Å². The zero-order valence-corrected chi connectivity index (χ0v) is 14.9. The average Bonchev–Trinajstić information content (AvgIpc) is 2.32. The predicted molar refractivity (Wildman–Crippen MR) is 86.9 cm³/mol. The van der Waals surface area contributed by atoms with E-state index in [2.05, 4.69) is 15.9 Å². The molecule has 4 nitrogen and oxygen atoms in total. The molecule has 1 aromatic rings. The zero-order chi connectivity index (χ0) is 14.2. The summed E-state index contributed by atoms with van der Waals surface area (Å²) in [6.07, 6.45) is 0.675. The van der Waals surface area contributed by atoms with Crippen LogP contribution in [0.15, 0.2) is 27.6 Å². The number of nitrogens with two attached hydrogens (primary N) is 1. The number of hydrogen-bond acceptors (Lipinski definition) is 3. The highest BCUT2D eigenvalue weighted by Crippen LogP contribution is 2.29. The lowest BCUT2D eigenvalue weighted by atomic mass is 9.96. The van der Waals surface area contributed by atoms with Crippen molar-refractivity contribution in [2.24, 2.45) is 11.7 Å². The lowest BCUT2D eigenvalue weighted by Crippen LogP contribution is -2.48. The SMILES string of the molecule is CC1CN(S(=O)(=O)c2ccc(Br)cc2Cl)CCC1N.Cl. The lowest BCUT2D eigenvalue weighted by Gasteiger charge is -2.34. The highest BCUT2D eigenvalue weighted by Gasteiger charge is 2.33. The molecule has 1 heterocycles. The van der Waals surface area contributed by atoms with E-state index in [0.29, 0.717) is 19.5 Å². The third kappa shape index (κ3) is 3.67. The van der Waals surface area contributed by atoms with Crippen molar-refractivity contribution in [3.63, 3.8) is 0 Å². The molecule has 2 atom stereocenters. The standard InChI is InChI=1S/C12H16BrClN2O2S.ClH/c1-8-7-16(5-4-11(8)15)19(17,18)12-3-2-9(13)6-10(12)14;/h2-3,6,8,11H,4-5,7,15H2,1H3;1H. The summed E-state index contributed by atoms with van der Waals surface area (Å²) in [6, 6.07) is 4.86. The molecule has 0 bridgehead atoms. The van der Waals surface area contributed by atoms with Crippen LogP contribution in [0.25, 0.3) is 0 Å². The molecule has 2 N–H and O–H groups in total. The summed E-state index contributed by atoms with van der Waals surface area (Å²) in [6.45, 7) is 2.85. The van der Waals surface area contributed by atoms with Gasteiger partial charge in [-0.2, -0.15) is 4.31 Å². The minimum absolute atomic E-state index is 0. The molecule has 1 aliphatic heterocycles. The van der Waals surface area contributed by atoms with E-state index < -0.39 is 10.0 Å². The molecule has 1 aliphatic rings. The molecule has 0 amide bonds. The van der Waals surface area contributed by atoms with Crippen LogP contribution in [0, 0.1) is 5.92 Å². The summed E-state index contributed by atoms with van der Waals surface area (Å²) in [5, 5.41) is 0.233. The quantitative estimate of drug-likeness (QED) is 0.825. The van der Waals surface area contributed by atoms with Gasteiger partial charge in [0.2, 0.25) is 10.0 Å². The van der Waals surface area contributed by atoms with Crippen LogP contribution < -0.4 is 5.73 Å². The zero-order valence-electron chi connectivity index (χ0n) is 10.9. The van der Waals surface area contributed by atoms with E-state index in [-0.39, 0.29) is 34.3 Å². The number of hydrogen-bond donors (Lipinski definition) is 1. The van der Waals surface area contributed by atoms with Crippen molar-refractivity contribution in [2.75, 3.05) is 13.1 Å². The van der Waals surface area contributed by atoms with Crippen LogP contribution in [0.5, 0.6) is 0 Å². The topological polar surface area (TPSA) is 63.4 Å². The summed E-state index contributed by atoms with van der Waals surface area (Å²) in [5.41, 5.74) is 5.92. The molecular formula is C12H17BrCl2N2O2S. The molecule has 114 valence electrons. The highest BCUT2D eigenvalue weighted by molar-refractivity contribution is 9.10. The van der Waals surface area contributed by atoms with Gasteiger partial charge in [-0.1, -0.05) is 34.5 Å². The molecule has 1 aromatic carbocycles. The third-order valence-electron chi connectivity index (χ3n) is 3.45. The first-order valence-electron chi connectivity index (χ1n) is 6.03. The second kappa shape index (κ2) is 6.94. The van der Waals surface area contributed by atoms with Gasteiger partial charge in [-0.05, 0) is 30.5 Å². The lowest BCUT2D eigenvalue weighted by molar-refractivity contribution is 0.250. The smallest absolute Gasteiger partial charge is 0.244 e. The van der Waals surface area contributed by atoms with Crippen molar-refractivity contribution in [1.82, 2.24) is 4.31 Å². The Morgan fingerprint density at radius 3 is 2.65 bits per heavy atom. The van der Waals surface area contributed by atoms with Gasteiger partial charge in [-0.15, -0.1) is 12.4 Å². The van der Waals surface area contributed by atoms with Crippen LogP contribution >= 0.6 is 39.9 Å². The maximum Gasteiger partial charge on any atom is 0.244 e. The number of nitrogens with zero attached hydrogens (tertiary/aromatic N) is 1. The molecule has 0 saturated carbocycles. The summed E-state index contributed by atoms with van der Waals surface area (Å²) < 4.78 is 27.3. The van der Waals surface area contributed by atoms with Crippen LogP contribution in [0.1, 0.15) is 13.3 Å². The fraction of sp³-hybridized carbons (Fsp3) is 0.500. The van der Waals surface area contributed by atoms with Crippen molar-refractivity contribution in [1.29, 1.82) is 0 Å². The van der Waals surface area contributed by atoms with Crippen molar-refractivity contribution in [3.05, 3.63) is 27.7 Å². The Balaban J connectivity index is 0.00000200.